The van der Waals surface area contributed by atoms with E-state index in [1.165, 1.54) is 48.5 Å². The van der Waals surface area contributed by atoms with Gasteiger partial charge in [-0.3, -0.25) is 4.79 Å². The zero-order valence-corrected chi connectivity index (χ0v) is 18.6. The Bertz CT molecular complexity index is 1050. The molecule has 0 bridgehead atoms. The highest BCUT2D eigenvalue weighted by Gasteiger charge is 2.28. The maximum Gasteiger partial charge on any atom is 0.335 e. The normalized spacial score (nSPS) is 17.5. The second kappa shape index (κ2) is 10.9. The predicted molar refractivity (Wildman–Crippen MR) is 117 cm³/mol. The molecule has 0 aromatic heterocycles. The van der Waals surface area contributed by atoms with Crippen molar-refractivity contribution in [1.82, 2.24) is 4.72 Å². The number of halogens is 1. The summed E-state index contributed by atoms with van der Waals surface area (Å²) in [5.41, 5.74) is 0.187. The van der Waals surface area contributed by atoms with Crippen LogP contribution in [0.25, 0.3) is 0 Å². The minimum atomic E-state index is -4.07. The van der Waals surface area contributed by atoms with Crippen molar-refractivity contribution in [3.63, 3.8) is 0 Å². The molecule has 1 amide bonds. The Balaban J connectivity index is 1.77. The quantitative estimate of drug-likeness (QED) is 0.500. The van der Waals surface area contributed by atoms with Gasteiger partial charge in [0.1, 0.15) is 6.04 Å². The third-order valence-electron chi connectivity index (χ3n) is 4.70. The van der Waals surface area contributed by atoms with Gasteiger partial charge in [0.2, 0.25) is 15.9 Å². The number of nitrogens with one attached hydrogen (secondary N) is 2. The Morgan fingerprint density at radius 1 is 1.19 bits per heavy atom. The van der Waals surface area contributed by atoms with E-state index in [4.69, 9.17) is 26.2 Å². The predicted octanol–water partition coefficient (Wildman–Crippen LogP) is 2.87. The lowest BCUT2D eigenvalue weighted by Gasteiger charge is -2.25. The molecule has 0 aliphatic carbocycles. The Hall–Kier alpha value is -2.50. The average molecular weight is 483 g/mol. The van der Waals surface area contributed by atoms with Crippen LogP contribution in [0.1, 0.15) is 29.6 Å². The molecule has 1 aliphatic heterocycles. The maximum absolute atomic E-state index is 12.9. The molecular formula is C21H23ClN2O7S. The van der Waals surface area contributed by atoms with Crippen LogP contribution in [0, 0.1) is 0 Å². The van der Waals surface area contributed by atoms with E-state index >= 15 is 0 Å². The zero-order valence-electron chi connectivity index (χ0n) is 17.0. The number of amides is 1. The Morgan fingerprint density at radius 2 is 1.94 bits per heavy atom. The molecule has 0 spiro atoms. The molecule has 3 rings (SSSR count). The number of carbonyl (C=O) groups excluding carboxylic acids is 1. The monoisotopic (exact) mass is 482 g/mol. The van der Waals surface area contributed by atoms with Gasteiger partial charge >= 0.3 is 5.97 Å². The van der Waals surface area contributed by atoms with Gasteiger partial charge in [-0.25, -0.2) is 13.2 Å². The second-order valence-electron chi connectivity index (χ2n) is 7.13. The number of rotatable bonds is 9. The molecule has 2 aromatic carbocycles. The summed E-state index contributed by atoms with van der Waals surface area (Å²) in [5.74, 6) is -1.86. The van der Waals surface area contributed by atoms with Crippen molar-refractivity contribution >= 4 is 39.2 Å². The molecule has 172 valence electrons. The van der Waals surface area contributed by atoms with Crippen molar-refractivity contribution in [3.8, 4) is 0 Å². The van der Waals surface area contributed by atoms with Crippen LogP contribution in [-0.2, 0) is 24.3 Å². The number of aromatic carboxylic acids is 1. The van der Waals surface area contributed by atoms with Crippen LogP contribution in [0.3, 0.4) is 0 Å². The minimum Gasteiger partial charge on any atom is -0.478 e. The van der Waals surface area contributed by atoms with Gasteiger partial charge in [0.15, 0.2) is 6.29 Å². The maximum atomic E-state index is 12.9. The molecule has 2 unspecified atom stereocenters. The van der Waals surface area contributed by atoms with Crippen LogP contribution in [0.5, 0.6) is 0 Å². The fraction of sp³-hybridized carbons (Fsp3) is 0.333. The molecule has 1 heterocycles. The number of carboxylic acid groups (broad SMARTS) is 1. The van der Waals surface area contributed by atoms with Crippen LogP contribution >= 0.6 is 11.6 Å². The molecule has 11 heteroatoms. The minimum absolute atomic E-state index is 0.0204. The van der Waals surface area contributed by atoms with E-state index in [1.807, 2.05) is 0 Å². The van der Waals surface area contributed by atoms with Gasteiger partial charge in [-0.2, -0.15) is 4.72 Å². The Kier molecular flexibility index (Phi) is 8.21. The molecule has 2 atom stereocenters. The highest BCUT2D eigenvalue weighted by atomic mass is 35.5. The highest BCUT2D eigenvalue weighted by Crippen LogP contribution is 2.17. The molecular weight excluding hydrogens is 460 g/mol. The van der Waals surface area contributed by atoms with E-state index in [9.17, 15) is 18.0 Å². The largest absolute Gasteiger partial charge is 0.478 e. The van der Waals surface area contributed by atoms with Crippen LogP contribution in [0.2, 0.25) is 5.02 Å². The van der Waals surface area contributed by atoms with Gasteiger partial charge in [0, 0.05) is 17.3 Å². The van der Waals surface area contributed by atoms with Gasteiger partial charge < -0.3 is 19.9 Å². The topological polar surface area (TPSA) is 131 Å². The number of anilines is 1. The van der Waals surface area contributed by atoms with Gasteiger partial charge in [0.05, 0.1) is 17.1 Å². The van der Waals surface area contributed by atoms with Crippen molar-refractivity contribution in [2.24, 2.45) is 0 Å². The summed E-state index contributed by atoms with van der Waals surface area (Å²) in [5, 5.41) is 12.0. The van der Waals surface area contributed by atoms with Crippen molar-refractivity contribution in [3.05, 3.63) is 59.1 Å². The smallest absolute Gasteiger partial charge is 0.335 e. The number of carbonyl (C=O) groups is 2. The molecule has 2 aromatic rings. The van der Waals surface area contributed by atoms with E-state index < -0.39 is 34.2 Å². The number of ether oxygens (including phenoxy) is 2. The molecule has 0 radical (unpaired) electrons. The average Bonchev–Trinajstić information content (AvgIpc) is 2.77. The molecule has 3 N–H and O–H groups in total. The summed E-state index contributed by atoms with van der Waals surface area (Å²) in [6.07, 6.45) is 1.92. The van der Waals surface area contributed by atoms with Crippen LogP contribution in [-0.4, -0.2) is 50.9 Å². The lowest BCUT2D eigenvalue weighted by Crippen LogP contribution is -2.47. The second-order valence-corrected chi connectivity index (χ2v) is 9.28. The molecule has 32 heavy (non-hydrogen) atoms. The summed E-state index contributed by atoms with van der Waals surface area (Å²) in [6, 6.07) is 9.82. The number of benzene rings is 2. The number of carboxylic acids is 1. The molecule has 1 saturated heterocycles. The van der Waals surface area contributed by atoms with Crippen LogP contribution < -0.4 is 10.0 Å². The summed E-state index contributed by atoms with van der Waals surface area (Å²) in [6.45, 7) is 0.252. The lowest BCUT2D eigenvalue weighted by atomic mass is 10.2. The standard InChI is InChI=1S/C21H23ClN2O7S/c22-15-7-9-17(10-8-15)32(28,29)24-18(13-31-19-6-1-2-11-30-19)20(25)23-16-5-3-4-14(12-16)21(26)27/h3-5,7-10,12,18-19,24H,1-2,6,11,13H2,(H,23,25)(H,26,27). The third kappa shape index (κ3) is 6.75. The molecule has 1 fully saturated rings. The highest BCUT2D eigenvalue weighted by molar-refractivity contribution is 7.89. The van der Waals surface area contributed by atoms with Gasteiger partial charge in [-0.1, -0.05) is 17.7 Å². The van der Waals surface area contributed by atoms with E-state index in [1.54, 1.807) is 0 Å². The first-order chi connectivity index (χ1) is 15.2. The van der Waals surface area contributed by atoms with Gasteiger partial charge in [0.25, 0.3) is 0 Å². The van der Waals surface area contributed by atoms with E-state index in [0.29, 0.717) is 18.1 Å². The van der Waals surface area contributed by atoms with Crippen molar-refractivity contribution in [2.75, 3.05) is 18.5 Å². The third-order valence-corrected chi connectivity index (χ3v) is 6.44. The lowest BCUT2D eigenvalue weighted by molar-refractivity contribution is -0.166. The Morgan fingerprint density at radius 3 is 2.59 bits per heavy atom. The first kappa shape index (κ1) is 24.1. The fourth-order valence-corrected chi connectivity index (χ4v) is 4.34. The zero-order chi connectivity index (χ0) is 23.1. The van der Waals surface area contributed by atoms with Crippen LogP contribution in [0.15, 0.2) is 53.4 Å². The fourth-order valence-electron chi connectivity index (χ4n) is 3.04. The van der Waals surface area contributed by atoms with E-state index in [-0.39, 0.29) is 22.8 Å². The summed E-state index contributed by atoms with van der Waals surface area (Å²) in [7, 11) is -4.07. The first-order valence-corrected chi connectivity index (χ1v) is 11.8. The van der Waals surface area contributed by atoms with E-state index in [2.05, 4.69) is 10.0 Å². The first-order valence-electron chi connectivity index (χ1n) is 9.90. The van der Waals surface area contributed by atoms with Crippen molar-refractivity contribution in [2.45, 2.75) is 36.5 Å². The SMILES string of the molecule is O=C(O)c1cccc(NC(=O)C(COC2CCCCO2)NS(=O)(=O)c2ccc(Cl)cc2)c1. The number of hydrogen-bond acceptors (Lipinski definition) is 6. The van der Waals surface area contributed by atoms with Crippen molar-refractivity contribution < 1.29 is 32.6 Å². The molecule has 9 nitrogen and oxygen atoms in total. The number of hydrogen-bond donors (Lipinski definition) is 3. The molecule has 0 saturated carbocycles. The summed E-state index contributed by atoms with van der Waals surface area (Å²) in [4.78, 5) is 24.0. The summed E-state index contributed by atoms with van der Waals surface area (Å²) < 4.78 is 39.1. The Labute approximate surface area is 190 Å². The van der Waals surface area contributed by atoms with Gasteiger partial charge in [-0.15, -0.1) is 0 Å². The van der Waals surface area contributed by atoms with Crippen molar-refractivity contribution in [1.29, 1.82) is 0 Å². The van der Waals surface area contributed by atoms with Crippen LogP contribution in [0.4, 0.5) is 5.69 Å². The summed E-state index contributed by atoms with van der Waals surface area (Å²) >= 11 is 5.82. The number of sulfonamides is 1. The van der Waals surface area contributed by atoms with Gasteiger partial charge in [-0.05, 0) is 61.7 Å². The van der Waals surface area contributed by atoms with E-state index in [0.717, 1.165) is 12.8 Å². The molecule has 1 aliphatic rings.